The standard InChI is InChI=1S/C19H26N4O/c1-14(2)18-11-19(22-15(3)21-18)23-10-6-8-17(12-23)24-13-16-7-4-5-9-20-16/h4-5,7,9,11,14,17H,6,8,10,12-13H2,1-3H3/t17-/m0/s1. The van der Waals surface area contributed by atoms with E-state index < -0.39 is 0 Å². The normalized spacial score (nSPS) is 18.2. The summed E-state index contributed by atoms with van der Waals surface area (Å²) < 4.78 is 6.08. The molecule has 1 atom stereocenters. The fraction of sp³-hybridized carbons (Fsp3) is 0.526. The van der Waals surface area contributed by atoms with Crippen LogP contribution < -0.4 is 4.90 Å². The molecule has 24 heavy (non-hydrogen) atoms. The van der Waals surface area contributed by atoms with E-state index in [-0.39, 0.29) is 6.10 Å². The number of pyridine rings is 1. The average Bonchev–Trinajstić information content (AvgIpc) is 2.60. The van der Waals surface area contributed by atoms with E-state index in [0.717, 1.165) is 49.0 Å². The molecule has 3 rings (SSSR count). The van der Waals surface area contributed by atoms with Crippen LogP contribution in [0.15, 0.2) is 30.5 Å². The maximum Gasteiger partial charge on any atom is 0.132 e. The second-order valence-corrected chi connectivity index (χ2v) is 6.70. The van der Waals surface area contributed by atoms with Gasteiger partial charge in [-0.05, 0) is 37.8 Å². The minimum Gasteiger partial charge on any atom is -0.370 e. The molecule has 0 bridgehead atoms. The summed E-state index contributed by atoms with van der Waals surface area (Å²) in [5, 5.41) is 0. The van der Waals surface area contributed by atoms with Gasteiger partial charge in [0.05, 0.1) is 18.4 Å². The van der Waals surface area contributed by atoms with Crippen LogP contribution in [0.2, 0.25) is 0 Å². The van der Waals surface area contributed by atoms with E-state index in [1.165, 1.54) is 0 Å². The summed E-state index contributed by atoms with van der Waals surface area (Å²) in [4.78, 5) is 15.8. The number of ether oxygens (including phenoxy) is 1. The Morgan fingerprint density at radius 1 is 1.29 bits per heavy atom. The van der Waals surface area contributed by atoms with Gasteiger partial charge in [0, 0.05) is 31.0 Å². The van der Waals surface area contributed by atoms with Crippen LogP contribution in [0.4, 0.5) is 5.82 Å². The van der Waals surface area contributed by atoms with Crippen molar-refractivity contribution in [3.63, 3.8) is 0 Å². The third-order valence-electron chi connectivity index (χ3n) is 4.33. The first kappa shape index (κ1) is 16.8. The van der Waals surface area contributed by atoms with Crippen LogP contribution in [-0.2, 0) is 11.3 Å². The molecule has 2 aromatic rings. The first-order chi connectivity index (χ1) is 11.6. The lowest BCUT2D eigenvalue weighted by Gasteiger charge is -2.33. The molecule has 2 aromatic heterocycles. The van der Waals surface area contributed by atoms with Gasteiger partial charge >= 0.3 is 0 Å². The second-order valence-electron chi connectivity index (χ2n) is 6.70. The molecule has 0 unspecified atom stereocenters. The van der Waals surface area contributed by atoms with Gasteiger partial charge in [-0.2, -0.15) is 0 Å². The molecule has 0 spiro atoms. The summed E-state index contributed by atoms with van der Waals surface area (Å²) in [7, 11) is 0. The summed E-state index contributed by atoms with van der Waals surface area (Å²) in [6, 6.07) is 8.05. The van der Waals surface area contributed by atoms with Crippen molar-refractivity contribution in [1.29, 1.82) is 0 Å². The minimum atomic E-state index is 0.221. The number of hydrogen-bond acceptors (Lipinski definition) is 5. The third-order valence-corrected chi connectivity index (χ3v) is 4.33. The number of piperidine rings is 1. The molecule has 0 aliphatic carbocycles. The smallest absolute Gasteiger partial charge is 0.132 e. The molecule has 3 heterocycles. The molecule has 1 fully saturated rings. The van der Waals surface area contributed by atoms with Gasteiger partial charge < -0.3 is 9.64 Å². The molecule has 5 heteroatoms. The van der Waals surface area contributed by atoms with Gasteiger partial charge in [-0.1, -0.05) is 19.9 Å². The van der Waals surface area contributed by atoms with Crippen LogP contribution in [0.25, 0.3) is 0 Å². The Hall–Kier alpha value is -2.01. The molecule has 0 saturated carbocycles. The quantitative estimate of drug-likeness (QED) is 0.842. The lowest BCUT2D eigenvalue weighted by molar-refractivity contribution is 0.0297. The van der Waals surface area contributed by atoms with E-state index in [2.05, 4.69) is 39.8 Å². The fourth-order valence-electron chi connectivity index (χ4n) is 3.00. The van der Waals surface area contributed by atoms with Crippen molar-refractivity contribution in [3.05, 3.63) is 47.7 Å². The van der Waals surface area contributed by atoms with Gasteiger partial charge in [0.25, 0.3) is 0 Å². The highest BCUT2D eigenvalue weighted by atomic mass is 16.5. The molecule has 1 aliphatic rings. The Bertz CT molecular complexity index is 660. The van der Waals surface area contributed by atoms with E-state index in [4.69, 9.17) is 4.74 Å². The monoisotopic (exact) mass is 326 g/mol. The van der Waals surface area contributed by atoms with Gasteiger partial charge in [0.1, 0.15) is 11.6 Å². The topological polar surface area (TPSA) is 51.1 Å². The molecule has 0 aromatic carbocycles. The first-order valence-electron chi connectivity index (χ1n) is 8.74. The van der Waals surface area contributed by atoms with Gasteiger partial charge in [-0.25, -0.2) is 9.97 Å². The van der Waals surface area contributed by atoms with E-state index in [1.807, 2.05) is 31.3 Å². The van der Waals surface area contributed by atoms with E-state index in [1.54, 1.807) is 0 Å². The zero-order chi connectivity index (χ0) is 16.9. The molecule has 0 radical (unpaired) electrons. The van der Waals surface area contributed by atoms with Gasteiger partial charge in [0.2, 0.25) is 0 Å². The lowest BCUT2D eigenvalue weighted by atomic mass is 10.1. The van der Waals surface area contributed by atoms with Crippen LogP contribution >= 0.6 is 0 Å². The van der Waals surface area contributed by atoms with Gasteiger partial charge in [-0.3, -0.25) is 4.98 Å². The molecule has 0 N–H and O–H groups in total. The molecule has 1 aliphatic heterocycles. The maximum atomic E-state index is 6.08. The van der Waals surface area contributed by atoms with Crippen molar-refractivity contribution in [1.82, 2.24) is 15.0 Å². The van der Waals surface area contributed by atoms with E-state index in [0.29, 0.717) is 12.5 Å². The SMILES string of the molecule is Cc1nc(C(C)C)cc(N2CCC[C@H](OCc3ccccn3)C2)n1. The zero-order valence-corrected chi connectivity index (χ0v) is 14.8. The Labute approximate surface area is 144 Å². The highest BCUT2D eigenvalue weighted by Crippen LogP contribution is 2.23. The molecule has 5 nitrogen and oxygen atoms in total. The van der Waals surface area contributed by atoms with Crippen LogP contribution in [0, 0.1) is 6.92 Å². The van der Waals surface area contributed by atoms with Crippen molar-refractivity contribution < 1.29 is 4.74 Å². The number of rotatable bonds is 5. The molecule has 128 valence electrons. The number of anilines is 1. The number of hydrogen-bond donors (Lipinski definition) is 0. The van der Waals surface area contributed by atoms with Crippen molar-refractivity contribution >= 4 is 5.82 Å². The lowest BCUT2D eigenvalue weighted by Crippen LogP contribution is -2.40. The minimum absolute atomic E-state index is 0.221. The second kappa shape index (κ2) is 7.71. The van der Waals surface area contributed by atoms with Crippen LogP contribution in [-0.4, -0.2) is 34.1 Å². The third kappa shape index (κ3) is 4.29. The Morgan fingerprint density at radius 3 is 2.92 bits per heavy atom. The predicted molar refractivity (Wildman–Crippen MR) is 95.1 cm³/mol. The van der Waals surface area contributed by atoms with Crippen molar-refractivity contribution in [3.8, 4) is 0 Å². The number of nitrogens with zero attached hydrogens (tertiary/aromatic N) is 4. The van der Waals surface area contributed by atoms with Gasteiger partial charge in [-0.15, -0.1) is 0 Å². The number of aromatic nitrogens is 3. The number of aryl methyl sites for hydroxylation is 1. The summed E-state index contributed by atoms with van der Waals surface area (Å²) in [5.74, 6) is 2.27. The Balaban J connectivity index is 1.65. The average molecular weight is 326 g/mol. The van der Waals surface area contributed by atoms with Crippen molar-refractivity contribution in [2.24, 2.45) is 0 Å². The summed E-state index contributed by atoms with van der Waals surface area (Å²) in [6.45, 7) is 8.77. The van der Waals surface area contributed by atoms with Crippen LogP contribution in [0.1, 0.15) is 49.8 Å². The van der Waals surface area contributed by atoms with E-state index in [9.17, 15) is 0 Å². The maximum absolute atomic E-state index is 6.08. The molecular weight excluding hydrogens is 300 g/mol. The van der Waals surface area contributed by atoms with Crippen molar-refractivity contribution in [2.75, 3.05) is 18.0 Å². The fourth-order valence-corrected chi connectivity index (χ4v) is 3.00. The highest BCUT2D eigenvalue weighted by molar-refractivity contribution is 5.41. The Morgan fingerprint density at radius 2 is 2.17 bits per heavy atom. The van der Waals surface area contributed by atoms with Crippen LogP contribution in [0.3, 0.4) is 0 Å². The molecule has 1 saturated heterocycles. The summed E-state index contributed by atoms with van der Waals surface area (Å²) >= 11 is 0. The largest absolute Gasteiger partial charge is 0.370 e. The summed E-state index contributed by atoms with van der Waals surface area (Å²) in [5.41, 5.74) is 2.09. The van der Waals surface area contributed by atoms with E-state index >= 15 is 0 Å². The van der Waals surface area contributed by atoms with Crippen molar-refractivity contribution in [2.45, 2.75) is 52.2 Å². The summed E-state index contributed by atoms with van der Waals surface area (Å²) in [6.07, 6.45) is 4.24. The first-order valence-corrected chi connectivity index (χ1v) is 8.74. The van der Waals surface area contributed by atoms with Gasteiger partial charge in [0.15, 0.2) is 0 Å². The molecule has 0 amide bonds. The zero-order valence-electron chi connectivity index (χ0n) is 14.8. The Kier molecular flexibility index (Phi) is 5.41. The molecular formula is C19H26N4O. The highest BCUT2D eigenvalue weighted by Gasteiger charge is 2.22. The predicted octanol–water partition coefficient (Wildman–Crippen LogP) is 3.49. The van der Waals surface area contributed by atoms with Crippen LogP contribution in [0.5, 0.6) is 0 Å².